The summed E-state index contributed by atoms with van der Waals surface area (Å²) < 4.78 is 18.6. The van der Waals surface area contributed by atoms with Crippen molar-refractivity contribution >= 4 is 17.6 Å². The van der Waals surface area contributed by atoms with Gasteiger partial charge >= 0.3 is 5.97 Å². The SMILES string of the molecule is O=C(Nc1ccccc1)c1ccc2c(c1)C[C@@H](c1ccc(F)cc1)OC2=O. The first-order valence-corrected chi connectivity index (χ1v) is 8.56. The molecule has 1 N–H and O–H groups in total. The van der Waals surface area contributed by atoms with Gasteiger partial charge in [0.25, 0.3) is 5.91 Å². The van der Waals surface area contributed by atoms with Gasteiger partial charge in [0, 0.05) is 17.7 Å². The van der Waals surface area contributed by atoms with Crippen LogP contribution >= 0.6 is 0 Å². The number of hydrogen-bond donors (Lipinski definition) is 1. The minimum Gasteiger partial charge on any atom is -0.454 e. The van der Waals surface area contributed by atoms with Crippen molar-refractivity contribution in [2.75, 3.05) is 5.32 Å². The number of amides is 1. The Bertz CT molecular complexity index is 1000. The highest BCUT2D eigenvalue weighted by molar-refractivity contribution is 6.05. The molecule has 5 heteroatoms. The van der Waals surface area contributed by atoms with Crippen molar-refractivity contribution in [3.63, 3.8) is 0 Å². The highest BCUT2D eigenvalue weighted by atomic mass is 19.1. The Morgan fingerprint density at radius 2 is 1.74 bits per heavy atom. The summed E-state index contributed by atoms with van der Waals surface area (Å²) in [5.41, 5.74) is 3.06. The number of para-hydroxylation sites is 1. The summed E-state index contributed by atoms with van der Waals surface area (Å²) in [4.78, 5) is 24.8. The molecule has 0 aromatic heterocycles. The predicted molar refractivity (Wildman–Crippen MR) is 99.1 cm³/mol. The minimum atomic E-state index is -0.502. The standard InChI is InChI=1S/C22H16FNO3/c23-17-9-6-14(7-10-17)20-13-16-12-15(8-11-19(16)22(26)27-20)21(25)24-18-4-2-1-3-5-18/h1-12,20H,13H2,(H,24,25)/t20-/m0/s1. The van der Waals surface area contributed by atoms with E-state index in [1.165, 1.54) is 12.1 Å². The Hall–Kier alpha value is -3.47. The second-order valence-electron chi connectivity index (χ2n) is 6.34. The van der Waals surface area contributed by atoms with Crippen LogP contribution in [0, 0.1) is 5.82 Å². The predicted octanol–water partition coefficient (Wildman–Crippen LogP) is 4.53. The van der Waals surface area contributed by atoms with Crippen molar-refractivity contribution in [2.24, 2.45) is 0 Å². The van der Waals surface area contributed by atoms with Gasteiger partial charge in [-0.25, -0.2) is 9.18 Å². The Labute approximate surface area is 155 Å². The highest BCUT2D eigenvalue weighted by Gasteiger charge is 2.28. The Morgan fingerprint density at radius 3 is 2.48 bits per heavy atom. The number of hydrogen-bond acceptors (Lipinski definition) is 3. The van der Waals surface area contributed by atoms with Crippen LogP contribution in [0.3, 0.4) is 0 Å². The van der Waals surface area contributed by atoms with Gasteiger partial charge in [-0.2, -0.15) is 0 Å². The van der Waals surface area contributed by atoms with Crippen molar-refractivity contribution in [2.45, 2.75) is 12.5 Å². The quantitative estimate of drug-likeness (QED) is 0.697. The summed E-state index contributed by atoms with van der Waals surface area (Å²) in [5, 5.41) is 2.83. The fourth-order valence-corrected chi connectivity index (χ4v) is 3.13. The molecule has 0 bridgehead atoms. The number of nitrogens with one attached hydrogen (secondary N) is 1. The zero-order chi connectivity index (χ0) is 18.8. The van der Waals surface area contributed by atoms with Crippen LogP contribution < -0.4 is 5.32 Å². The minimum absolute atomic E-state index is 0.249. The van der Waals surface area contributed by atoms with E-state index in [1.54, 1.807) is 42.5 Å². The number of cyclic esters (lactones) is 1. The number of esters is 1. The van der Waals surface area contributed by atoms with Crippen molar-refractivity contribution in [3.8, 4) is 0 Å². The van der Waals surface area contributed by atoms with E-state index in [-0.39, 0.29) is 11.7 Å². The van der Waals surface area contributed by atoms with Crippen LogP contribution in [0.4, 0.5) is 10.1 Å². The van der Waals surface area contributed by atoms with Crippen molar-refractivity contribution in [1.82, 2.24) is 0 Å². The van der Waals surface area contributed by atoms with E-state index in [0.29, 0.717) is 23.2 Å². The topological polar surface area (TPSA) is 55.4 Å². The molecule has 27 heavy (non-hydrogen) atoms. The molecule has 1 atom stereocenters. The zero-order valence-corrected chi connectivity index (χ0v) is 14.3. The second-order valence-corrected chi connectivity index (χ2v) is 6.34. The summed E-state index contributed by atoms with van der Waals surface area (Å²) in [5.74, 6) is -1.04. The third-order valence-corrected chi connectivity index (χ3v) is 4.52. The van der Waals surface area contributed by atoms with E-state index < -0.39 is 12.1 Å². The monoisotopic (exact) mass is 361 g/mol. The molecule has 4 rings (SSSR count). The van der Waals surface area contributed by atoms with Crippen LogP contribution in [0.1, 0.15) is 37.9 Å². The molecule has 1 amide bonds. The zero-order valence-electron chi connectivity index (χ0n) is 14.3. The number of fused-ring (bicyclic) bond motifs is 1. The first-order valence-electron chi connectivity index (χ1n) is 8.56. The maximum Gasteiger partial charge on any atom is 0.339 e. The highest BCUT2D eigenvalue weighted by Crippen LogP contribution is 2.31. The molecule has 3 aromatic rings. The number of carbonyl (C=O) groups excluding carboxylic acids is 2. The number of halogens is 1. The van der Waals surface area contributed by atoms with Crippen molar-refractivity contribution in [3.05, 3.63) is 101 Å². The third-order valence-electron chi connectivity index (χ3n) is 4.52. The molecular weight excluding hydrogens is 345 g/mol. The van der Waals surface area contributed by atoms with Crippen molar-refractivity contribution in [1.29, 1.82) is 0 Å². The van der Waals surface area contributed by atoms with Gasteiger partial charge in [0.1, 0.15) is 11.9 Å². The molecule has 0 aliphatic carbocycles. The average molecular weight is 361 g/mol. The lowest BCUT2D eigenvalue weighted by Crippen LogP contribution is -2.23. The van der Waals surface area contributed by atoms with Crippen LogP contribution in [-0.4, -0.2) is 11.9 Å². The van der Waals surface area contributed by atoms with Gasteiger partial charge in [-0.3, -0.25) is 4.79 Å². The van der Waals surface area contributed by atoms with E-state index >= 15 is 0 Å². The molecular formula is C22H16FNO3. The second kappa shape index (κ2) is 7.03. The number of rotatable bonds is 3. The first-order chi connectivity index (χ1) is 13.1. The van der Waals surface area contributed by atoms with Gasteiger partial charge in [0.15, 0.2) is 0 Å². The summed E-state index contributed by atoms with van der Waals surface area (Å²) in [6.07, 6.45) is -0.0721. The largest absolute Gasteiger partial charge is 0.454 e. The summed E-state index contributed by atoms with van der Waals surface area (Å²) in [6.45, 7) is 0. The van der Waals surface area contributed by atoms with Crippen LogP contribution in [0.15, 0.2) is 72.8 Å². The van der Waals surface area contributed by atoms with E-state index in [4.69, 9.17) is 4.74 Å². The van der Waals surface area contributed by atoms with Crippen LogP contribution in [-0.2, 0) is 11.2 Å². The van der Waals surface area contributed by atoms with Crippen LogP contribution in [0.25, 0.3) is 0 Å². The molecule has 134 valence electrons. The molecule has 0 unspecified atom stereocenters. The summed E-state index contributed by atoms with van der Waals surface area (Å²) >= 11 is 0. The fraction of sp³-hybridized carbons (Fsp3) is 0.0909. The Balaban J connectivity index is 1.59. The molecule has 3 aromatic carbocycles. The van der Waals surface area contributed by atoms with Crippen LogP contribution in [0.2, 0.25) is 0 Å². The molecule has 0 spiro atoms. The van der Waals surface area contributed by atoms with Crippen molar-refractivity contribution < 1.29 is 18.7 Å². The molecule has 0 fully saturated rings. The van der Waals surface area contributed by atoms with Gasteiger partial charge < -0.3 is 10.1 Å². The number of ether oxygens (including phenoxy) is 1. The van der Waals surface area contributed by atoms with E-state index in [2.05, 4.69) is 5.32 Å². The van der Waals surface area contributed by atoms with Gasteiger partial charge in [-0.05, 0) is 53.6 Å². The van der Waals surface area contributed by atoms with Gasteiger partial charge in [-0.1, -0.05) is 30.3 Å². The first kappa shape index (κ1) is 17.0. The number of carbonyl (C=O) groups is 2. The number of anilines is 1. The van der Waals surface area contributed by atoms with E-state index in [9.17, 15) is 14.0 Å². The molecule has 0 saturated heterocycles. The van der Waals surface area contributed by atoms with E-state index in [0.717, 1.165) is 11.1 Å². The molecule has 4 nitrogen and oxygen atoms in total. The number of benzene rings is 3. The maximum atomic E-state index is 13.1. The maximum absolute atomic E-state index is 13.1. The van der Waals surface area contributed by atoms with Gasteiger partial charge in [-0.15, -0.1) is 0 Å². The average Bonchev–Trinajstić information content (AvgIpc) is 2.69. The Morgan fingerprint density at radius 1 is 1.00 bits per heavy atom. The fourth-order valence-electron chi connectivity index (χ4n) is 3.13. The summed E-state index contributed by atoms with van der Waals surface area (Å²) in [6, 6.07) is 20.0. The lowest BCUT2D eigenvalue weighted by molar-refractivity contribution is 0.0252. The smallest absolute Gasteiger partial charge is 0.339 e. The molecule has 0 radical (unpaired) electrons. The lowest BCUT2D eigenvalue weighted by Gasteiger charge is -2.25. The normalized spacial score (nSPS) is 15.6. The Kier molecular flexibility index (Phi) is 4.42. The molecule has 1 aliphatic heterocycles. The lowest BCUT2D eigenvalue weighted by atomic mass is 9.93. The molecule has 1 aliphatic rings. The van der Waals surface area contributed by atoms with Gasteiger partial charge in [0.05, 0.1) is 5.56 Å². The molecule has 0 saturated carbocycles. The van der Waals surface area contributed by atoms with Crippen LogP contribution in [0.5, 0.6) is 0 Å². The third kappa shape index (κ3) is 3.58. The van der Waals surface area contributed by atoms with Gasteiger partial charge in [0.2, 0.25) is 0 Å². The van der Waals surface area contributed by atoms with E-state index in [1.807, 2.05) is 18.2 Å². The summed E-state index contributed by atoms with van der Waals surface area (Å²) in [7, 11) is 0. The molecule has 1 heterocycles.